The summed E-state index contributed by atoms with van der Waals surface area (Å²) in [5.41, 5.74) is 11.3. The van der Waals surface area contributed by atoms with Crippen LogP contribution in [0.4, 0.5) is 0 Å². The average Bonchev–Trinajstić information content (AvgIpc) is 3.63. The van der Waals surface area contributed by atoms with Crippen LogP contribution in [-0.2, 0) is 0 Å². The van der Waals surface area contributed by atoms with Crippen molar-refractivity contribution in [2.75, 3.05) is 0 Å². The Balaban J connectivity index is 1.10. The van der Waals surface area contributed by atoms with Gasteiger partial charge in [0.2, 0.25) is 0 Å². The molecule has 0 spiro atoms. The van der Waals surface area contributed by atoms with E-state index in [1.165, 1.54) is 21.9 Å². The minimum absolute atomic E-state index is 0.594. The smallest absolute Gasteiger partial charge is 0.164 e. The molecule has 0 aliphatic carbocycles. The summed E-state index contributed by atoms with van der Waals surface area (Å²) in [5, 5.41) is 4.43. The molecule has 4 heteroatoms. The number of aromatic nitrogens is 3. The molecular weight excluding hydrogens is 647 g/mol. The van der Waals surface area contributed by atoms with Crippen LogP contribution in [0, 0.1) is 0 Å². The molecule has 0 N–H and O–H groups in total. The van der Waals surface area contributed by atoms with Crippen molar-refractivity contribution in [1.82, 2.24) is 15.0 Å². The third-order valence-electron chi connectivity index (χ3n) is 9.96. The quantitative estimate of drug-likeness (QED) is 0.176. The molecule has 0 radical (unpaired) electrons. The maximum atomic E-state index is 6.51. The van der Waals surface area contributed by atoms with Gasteiger partial charge in [-0.15, -0.1) is 0 Å². The van der Waals surface area contributed by atoms with Gasteiger partial charge in [0.25, 0.3) is 0 Å². The van der Waals surface area contributed by atoms with Crippen molar-refractivity contribution in [3.8, 4) is 67.5 Å². The summed E-state index contributed by atoms with van der Waals surface area (Å²) in [6.07, 6.45) is 0. The van der Waals surface area contributed by atoms with Gasteiger partial charge in [0, 0.05) is 27.5 Å². The zero-order chi connectivity index (χ0) is 35.1. The third-order valence-corrected chi connectivity index (χ3v) is 9.96. The summed E-state index contributed by atoms with van der Waals surface area (Å²) in [6.45, 7) is 0. The molecule has 8 aromatic carbocycles. The first-order chi connectivity index (χ1) is 26.2. The average molecular weight is 678 g/mol. The topological polar surface area (TPSA) is 51.8 Å². The van der Waals surface area contributed by atoms with Gasteiger partial charge < -0.3 is 4.42 Å². The Bertz CT molecular complexity index is 2910. The highest BCUT2D eigenvalue weighted by Gasteiger charge is 2.20. The molecule has 2 aromatic heterocycles. The molecule has 2 heterocycles. The van der Waals surface area contributed by atoms with Crippen LogP contribution in [-0.4, -0.2) is 15.0 Å². The number of fused-ring (bicyclic) bond motifs is 4. The highest BCUT2D eigenvalue weighted by molar-refractivity contribution is 6.17. The minimum Gasteiger partial charge on any atom is -0.456 e. The summed E-state index contributed by atoms with van der Waals surface area (Å²) >= 11 is 0. The van der Waals surface area contributed by atoms with E-state index in [1.54, 1.807) is 0 Å². The monoisotopic (exact) mass is 677 g/mol. The van der Waals surface area contributed by atoms with E-state index in [2.05, 4.69) is 133 Å². The Labute approximate surface area is 306 Å². The van der Waals surface area contributed by atoms with E-state index in [9.17, 15) is 0 Å². The zero-order valence-electron chi connectivity index (χ0n) is 28.6. The summed E-state index contributed by atoms with van der Waals surface area (Å²) in [4.78, 5) is 15.3. The summed E-state index contributed by atoms with van der Waals surface area (Å²) in [6, 6.07) is 65.2. The number of benzene rings is 8. The van der Waals surface area contributed by atoms with Crippen molar-refractivity contribution in [1.29, 1.82) is 0 Å². The standard InChI is InChI=1S/C49H31N3O/c1-3-11-32(12-4-1)34-21-23-35(24-22-34)36-25-28-38(29-26-36)48-50-47(37-14-5-2-6-15-37)51-49(52-48)42-18-10-20-44-46(42)45-41(17-9-19-43(45)53-44)40-30-27-33-13-7-8-16-39(33)31-40/h1-31H. The third kappa shape index (κ3) is 5.63. The molecule has 4 nitrogen and oxygen atoms in total. The number of hydrogen-bond donors (Lipinski definition) is 0. The van der Waals surface area contributed by atoms with Crippen LogP contribution in [0.2, 0.25) is 0 Å². The van der Waals surface area contributed by atoms with Crippen molar-refractivity contribution in [3.05, 3.63) is 188 Å². The van der Waals surface area contributed by atoms with Gasteiger partial charge >= 0.3 is 0 Å². The fourth-order valence-corrected chi connectivity index (χ4v) is 7.29. The van der Waals surface area contributed by atoms with Crippen LogP contribution in [0.25, 0.3) is 100 Å². The number of nitrogens with zero attached hydrogens (tertiary/aromatic N) is 3. The molecule has 0 aliphatic heterocycles. The lowest BCUT2D eigenvalue weighted by Crippen LogP contribution is -2.00. The summed E-state index contributed by atoms with van der Waals surface area (Å²) in [5.74, 6) is 1.82. The molecular formula is C49H31N3O. The van der Waals surface area contributed by atoms with Gasteiger partial charge in [-0.1, -0.05) is 170 Å². The van der Waals surface area contributed by atoms with E-state index in [-0.39, 0.29) is 0 Å². The lowest BCUT2D eigenvalue weighted by molar-refractivity contribution is 0.669. The molecule has 0 unspecified atom stereocenters. The van der Waals surface area contributed by atoms with Gasteiger partial charge in [0.05, 0.1) is 0 Å². The van der Waals surface area contributed by atoms with Crippen LogP contribution in [0.3, 0.4) is 0 Å². The van der Waals surface area contributed by atoms with Gasteiger partial charge in [-0.05, 0) is 62.4 Å². The highest BCUT2D eigenvalue weighted by Crippen LogP contribution is 2.42. The number of rotatable bonds is 6. The highest BCUT2D eigenvalue weighted by atomic mass is 16.3. The van der Waals surface area contributed by atoms with Crippen LogP contribution in [0.1, 0.15) is 0 Å². The largest absolute Gasteiger partial charge is 0.456 e. The lowest BCUT2D eigenvalue weighted by atomic mass is 9.95. The van der Waals surface area contributed by atoms with Gasteiger partial charge in [-0.25, -0.2) is 15.0 Å². The van der Waals surface area contributed by atoms with Gasteiger partial charge in [-0.2, -0.15) is 0 Å². The molecule has 0 saturated heterocycles. The molecule has 0 amide bonds. The second-order valence-corrected chi connectivity index (χ2v) is 13.2. The Morgan fingerprint density at radius 2 is 0.717 bits per heavy atom. The van der Waals surface area contributed by atoms with Crippen molar-refractivity contribution >= 4 is 32.7 Å². The Hall–Kier alpha value is -7.17. The number of furan rings is 1. The molecule has 0 aliphatic rings. The van der Waals surface area contributed by atoms with Gasteiger partial charge in [0.15, 0.2) is 17.5 Å². The predicted molar refractivity (Wildman–Crippen MR) is 217 cm³/mol. The van der Waals surface area contributed by atoms with Crippen molar-refractivity contribution in [2.45, 2.75) is 0 Å². The van der Waals surface area contributed by atoms with E-state index in [0.717, 1.165) is 60.9 Å². The number of hydrogen-bond acceptors (Lipinski definition) is 4. The van der Waals surface area contributed by atoms with Crippen molar-refractivity contribution in [2.24, 2.45) is 0 Å². The lowest BCUT2D eigenvalue weighted by Gasteiger charge is -2.11. The Morgan fingerprint density at radius 3 is 1.34 bits per heavy atom. The van der Waals surface area contributed by atoms with Crippen LogP contribution in [0.5, 0.6) is 0 Å². The molecule has 248 valence electrons. The Kier molecular flexibility index (Phi) is 7.43. The van der Waals surface area contributed by atoms with E-state index in [1.807, 2.05) is 54.6 Å². The second kappa shape index (κ2) is 12.9. The van der Waals surface area contributed by atoms with E-state index >= 15 is 0 Å². The first-order valence-electron chi connectivity index (χ1n) is 17.8. The fraction of sp³-hybridized carbons (Fsp3) is 0. The van der Waals surface area contributed by atoms with E-state index in [0.29, 0.717) is 17.5 Å². The SMILES string of the molecule is c1ccc(-c2ccc(-c3ccc(-c4nc(-c5ccccc5)nc(-c5cccc6oc7cccc(-c8ccc9ccccc9c8)c7c56)n4)cc3)cc2)cc1. The maximum absolute atomic E-state index is 6.51. The maximum Gasteiger partial charge on any atom is 0.164 e. The first kappa shape index (κ1) is 30.6. The van der Waals surface area contributed by atoms with Crippen LogP contribution >= 0.6 is 0 Å². The Morgan fingerprint density at radius 1 is 0.283 bits per heavy atom. The van der Waals surface area contributed by atoms with Crippen molar-refractivity contribution < 1.29 is 4.42 Å². The normalized spacial score (nSPS) is 11.4. The van der Waals surface area contributed by atoms with Gasteiger partial charge in [-0.3, -0.25) is 0 Å². The molecule has 0 atom stereocenters. The van der Waals surface area contributed by atoms with E-state index < -0.39 is 0 Å². The molecule has 10 aromatic rings. The molecule has 0 bridgehead atoms. The first-order valence-corrected chi connectivity index (χ1v) is 17.8. The molecule has 0 saturated carbocycles. The van der Waals surface area contributed by atoms with Crippen LogP contribution in [0.15, 0.2) is 192 Å². The fourth-order valence-electron chi connectivity index (χ4n) is 7.29. The minimum atomic E-state index is 0.594. The van der Waals surface area contributed by atoms with E-state index in [4.69, 9.17) is 19.4 Å². The summed E-state index contributed by atoms with van der Waals surface area (Å²) in [7, 11) is 0. The van der Waals surface area contributed by atoms with Gasteiger partial charge in [0.1, 0.15) is 11.2 Å². The summed E-state index contributed by atoms with van der Waals surface area (Å²) < 4.78 is 6.51. The molecule has 0 fully saturated rings. The predicted octanol–water partition coefficient (Wildman–Crippen LogP) is 12.9. The molecule has 10 rings (SSSR count). The van der Waals surface area contributed by atoms with Crippen molar-refractivity contribution in [3.63, 3.8) is 0 Å². The molecule has 53 heavy (non-hydrogen) atoms. The van der Waals surface area contributed by atoms with Crippen LogP contribution < -0.4 is 0 Å². The second-order valence-electron chi connectivity index (χ2n) is 13.2. The zero-order valence-corrected chi connectivity index (χ0v) is 28.6.